The molecule has 1 heterocycles. The van der Waals surface area contributed by atoms with E-state index in [0.29, 0.717) is 5.54 Å². The average Bonchev–Trinajstić information content (AvgIpc) is 2.40. The quantitative estimate of drug-likeness (QED) is 0.816. The minimum Gasteiger partial charge on any atom is -0.368 e. The number of hydrogen-bond acceptors (Lipinski definition) is 2. The molecular formula is C16H24N2. The van der Waals surface area contributed by atoms with Gasteiger partial charge in [-0.2, -0.15) is 0 Å². The largest absolute Gasteiger partial charge is 0.368 e. The summed E-state index contributed by atoms with van der Waals surface area (Å²) in [6.45, 7) is 5.70. The first-order valence-electron chi connectivity index (χ1n) is 7.35. The van der Waals surface area contributed by atoms with E-state index < -0.39 is 0 Å². The Labute approximate surface area is 110 Å². The minimum atomic E-state index is 0.402. The van der Waals surface area contributed by atoms with Gasteiger partial charge in [-0.3, -0.25) is 0 Å². The zero-order chi connectivity index (χ0) is 12.4. The monoisotopic (exact) mass is 244 g/mol. The van der Waals surface area contributed by atoms with Crippen LogP contribution >= 0.6 is 0 Å². The highest BCUT2D eigenvalue weighted by Gasteiger charge is 2.36. The summed E-state index contributed by atoms with van der Waals surface area (Å²) in [5.74, 6) is 0. The Balaban J connectivity index is 1.80. The summed E-state index contributed by atoms with van der Waals surface area (Å²) in [5.41, 5.74) is 3.24. The lowest BCUT2D eigenvalue weighted by Crippen LogP contribution is -2.61. The molecule has 1 N–H and O–H groups in total. The van der Waals surface area contributed by atoms with Gasteiger partial charge in [-0.05, 0) is 31.4 Å². The Morgan fingerprint density at radius 2 is 1.89 bits per heavy atom. The maximum atomic E-state index is 3.81. The van der Waals surface area contributed by atoms with Crippen molar-refractivity contribution in [3.63, 3.8) is 0 Å². The lowest BCUT2D eigenvalue weighted by Gasteiger charge is -2.47. The van der Waals surface area contributed by atoms with Gasteiger partial charge in [-0.1, -0.05) is 37.5 Å². The highest BCUT2D eigenvalue weighted by atomic mass is 15.2. The van der Waals surface area contributed by atoms with Crippen LogP contribution in [0.3, 0.4) is 0 Å². The van der Waals surface area contributed by atoms with Crippen LogP contribution in [-0.2, 0) is 0 Å². The summed E-state index contributed by atoms with van der Waals surface area (Å²) in [4.78, 5) is 2.59. The zero-order valence-corrected chi connectivity index (χ0v) is 11.4. The molecule has 1 saturated heterocycles. The molecule has 1 spiro atoms. The number of aryl methyl sites for hydroxylation is 1. The summed E-state index contributed by atoms with van der Waals surface area (Å²) in [6.07, 6.45) is 6.93. The van der Waals surface area contributed by atoms with E-state index in [1.807, 2.05) is 0 Å². The summed E-state index contributed by atoms with van der Waals surface area (Å²) in [5, 5.41) is 3.81. The van der Waals surface area contributed by atoms with Gasteiger partial charge in [0.25, 0.3) is 0 Å². The molecule has 2 aliphatic rings. The lowest BCUT2D eigenvalue weighted by atomic mass is 9.80. The van der Waals surface area contributed by atoms with Crippen molar-refractivity contribution in [2.45, 2.75) is 44.6 Å². The van der Waals surface area contributed by atoms with Crippen LogP contribution in [0.5, 0.6) is 0 Å². The minimum absolute atomic E-state index is 0.402. The first kappa shape index (κ1) is 12.0. The van der Waals surface area contributed by atoms with E-state index in [1.54, 1.807) is 0 Å². The smallest absolute Gasteiger partial charge is 0.0396 e. The van der Waals surface area contributed by atoms with Crippen molar-refractivity contribution in [1.82, 2.24) is 5.32 Å². The van der Waals surface area contributed by atoms with E-state index in [2.05, 4.69) is 41.4 Å². The Morgan fingerprint density at radius 3 is 2.67 bits per heavy atom. The van der Waals surface area contributed by atoms with Gasteiger partial charge >= 0.3 is 0 Å². The standard InChI is InChI=1S/C16H24N2/c1-14-7-3-4-8-15(14)18-12-11-17-16(13-18)9-5-2-6-10-16/h3-4,7-8,17H,2,5-6,9-13H2,1H3. The molecule has 2 nitrogen and oxygen atoms in total. The molecule has 1 aromatic rings. The van der Waals surface area contributed by atoms with Crippen molar-refractivity contribution in [3.05, 3.63) is 29.8 Å². The molecular weight excluding hydrogens is 220 g/mol. The number of rotatable bonds is 1. The van der Waals surface area contributed by atoms with Crippen molar-refractivity contribution in [2.75, 3.05) is 24.5 Å². The predicted molar refractivity (Wildman–Crippen MR) is 77.2 cm³/mol. The average molecular weight is 244 g/mol. The van der Waals surface area contributed by atoms with Gasteiger partial charge in [-0.25, -0.2) is 0 Å². The number of para-hydroxylation sites is 1. The van der Waals surface area contributed by atoms with Gasteiger partial charge in [0.05, 0.1) is 0 Å². The number of hydrogen-bond donors (Lipinski definition) is 1. The van der Waals surface area contributed by atoms with Crippen molar-refractivity contribution >= 4 is 5.69 Å². The number of benzene rings is 1. The van der Waals surface area contributed by atoms with Crippen molar-refractivity contribution in [1.29, 1.82) is 0 Å². The van der Waals surface area contributed by atoms with E-state index in [0.717, 1.165) is 13.1 Å². The molecule has 2 heteroatoms. The second kappa shape index (κ2) is 4.93. The molecule has 18 heavy (non-hydrogen) atoms. The van der Waals surface area contributed by atoms with Crippen LogP contribution in [0, 0.1) is 6.92 Å². The molecule has 98 valence electrons. The third kappa shape index (κ3) is 2.26. The summed E-state index contributed by atoms with van der Waals surface area (Å²) >= 11 is 0. The molecule has 1 saturated carbocycles. The molecule has 1 aromatic carbocycles. The van der Waals surface area contributed by atoms with Crippen LogP contribution in [0.15, 0.2) is 24.3 Å². The molecule has 0 bridgehead atoms. The van der Waals surface area contributed by atoms with Crippen LogP contribution in [0.2, 0.25) is 0 Å². The van der Waals surface area contributed by atoms with Gasteiger partial charge in [-0.15, -0.1) is 0 Å². The third-order valence-electron chi connectivity index (χ3n) is 4.64. The Hall–Kier alpha value is -1.02. The van der Waals surface area contributed by atoms with Crippen LogP contribution < -0.4 is 10.2 Å². The van der Waals surface area contributed by atoms with E-state index in [-0.39, 0.29) is 0 Å². The van der Waals surface area contributed by atoms with Gasteiger partial charge in [0.2, 0.25) is 0 Å². The molecule has 0 radical (unpaired) electrons. The topological polar surface area (TPSA) is 15.3 Å². The second-order valence-corrected chi connectivity index (χ2v) is 5.98. The summed E-state index contributed by atoms with van der Waals surface area (Å²) in [6, 6.07) is 8.80. The predicted octanol–water partition coefficient (Wildman–Crippen LogP) is 3.11. The first-order chi connectivity index (χ1) is 8.79. The van der Waals surface area contributed by atoms with Crippen molar-refractivity contribution in [2.24, 2.45) is 0 Å². The number of piperazine rings is 1. The van der Waals surface area contributed by atoms with Crippen molar-refractivity contribution in [3.8, 4) is 0 Å². The Morgan fingerprint density at radius 1 is 1.11 bits per heavy atom. The van der Waals surface area contributed by atoms with Crippen molar-refractivity contribution < 1.29 is 0 Å². The molecule has 0 aromatic heterocycles. The summed E-state index contributed by atoms with van der Waals surface area (Å²) < 4.78 is 0. The fourth-order valence-electron chi connectivity index (χ4n) is 3.64. The Bertz CT molecular complexity index is 402. The molecule has 0 unspecified atom stereocenters. The molecule has 2 fully saturated rings. The number of nitrogens with one attached hydrogen (secondary N) is 1. The van der Waals surface area contributed by atoms with Crippen LogP contribution in [0.25, 0.3) is 0 Å². The number of nitrogens with zero attached hydrogens (tertiary/aromatic N) is 1. The maximum Gasteiger partial charge on any atom is 0.0396 e. The third-order valence-corrected chi connectivity index (χ3v) is 4.64. The molecule has 0 amide bonds. The first-order valence-corrected chi connectivity index (χ1v) is 7.35. The van der Waals surface area contributed by atoms with E-state index >= 15 is 0 Å². The number of anilines is 1. The van der Waals surface area contributed by atoms with Crippen LogP contribution in [0.1, 0.15) is 37.7 Å². The molecule has 3 rings (SSSR count). The van der Waals surface area contributed by atoms with Crippen LogP contribution in [-0.4, -0.2) is 25.2 Å². The van der Waals surface area contributed by atoms with E-state index in [1.165, 1.54) is 49.9 Å². The lowest BCUT2D eigenvalue weighted by molar-refractivity contribution is 0.216. The fourth-order valence-corrected chi connectivity index (χ4v) is 3.64. The highest BCUT2D eigenvalue weighted by molar-refractivity contribution is 5.53. The van der Waals surface area contributed by atoms with E-state index in [4.69, 9.17) is 0 Å². The maximum absolute atomic E-state index is 3.81. The van der Waals surface area contributed by atoms with Crippen LogP contribution in [0.4, 0.5) is 5.69 Å². The summed E-state index contributed by atoms with van der Waals surface area (Å²) in [7, 11) is 0. The second-order valence-electron chi connectivity index (χ2n) is 5.98. The fraction of sp³-hybridized carbons (Fsp3) is 0.625. The highest BCUT2D eigenvalue weighted by Crippen LogP contribution is 2.32. The molecule has 1 aliphatic heterocycles. The van der Waals surface area contributed by atoms with Gasteiger partial charge in [0.1, 0.15) is 0 Å². The van der Waals surface area contributed by atoms with Gasteiger partial charge < -0.3 is 10.2 Å². The normalized spacial score (nSPS) is 23.3. The SMILES string of the molecule is Cc1ccccc1N1CCNC2(CCCCC2)C1. The van der Waals surface area contributed by atoms with Gasteiger partial charge in [0, 0.05) is 30.9 Å². The van der Waals surface area contributed by atoms with E-state index in [9.17, 15) is 0 Å². The molecule has 1 aliphatic carbocycles. The zero-order valence-electron chi connectivity index (χ0n) is 11.4. The Kier molecular flexibility index (Phi) is 3.29. The van der Waals surface area contributed by atoms with Gasteiger partial charge in [0.15, 0.2) is 0 Å². The molecule has 0 atom stereocenters.